The van der Waals surface area contributed by atoms with Crippen molar-refractivity contribution in [2.45, 2.75) is 25.8 Å². The molecule has 1 aliphatic heterocycles. The predicted octanol–water partition coefficient (Wildman–Crippen LogP) is 3.89. The smallest absolute Gasteiger partial charge is 0.255 e. The summed E-state index contributed by atoms with van der Waals surface area (Å²) in [5, 5.41) is 0. The molecule has 2 heterocycles. The van der Waals surface area contributed by atoms with Gasteiger partial charge in [-0.1, -0.05) is 18.2 Å². The average Bonchev–Trinajstić information content (AvgIpc) is 2.67. The molecule has 1 aromatic carbocycles. The predicted molar refractivity (Wildman–Crippen MR) is 116 cm³/mol. The van der Waals surface area contributed by atoms with Crippen molar-refractivity contribution in [1.29, 1.82) is 0 Å². The molecule has 3 rings (SSSR count). The Bertz CT molecular complexity index is 702. The van der Waals surface area contributed by atoms with Crippen LogP contribution in [0.5, 0.6) is 0 Å². The summed E-state index contributed by atoms with van der Waals surface area (Å²) in [6.45, 7) is 3.60. The second kappa shape index (κ2) is 10.5. The maximum atomic E-state index is 12.7. The number of hydrogen-bond acceptors (Lipinski definition) is 4. The number of anilines is 2. The minimum Gasteiger partial charge on any atom is -0.339 e. The molecule has 1 unspecified atom stereocenters. The third kappa shape index (κ3) is 5.58. The van der Waals surface area contributed by atoms with Crippen molar-refractivity contribution in [2.24, 2.45) is 11.7 Å². The van der Waals surface area contributed by atoms with Crippen molar-refractivity contribution in [2.75, 3.05) is 25.0 Å². The van der Waals surface area contributed by atoms with Gasteiger partial charge in [-0.2, -0.15) is 0 Å². The molecule has 2 N–H and O–H groups in total. The van der Waals surface area contributed by atoms with E-state index in [0.29, 0.717) is 11.5 Å². The molecule has 0 bridgehead atoms. The first-order valence-corrected chi connectivity index (χ1v) is 8.86. The quantitative estimate of drug-likeness (QED) is 0.829. The number of amides is 1. The largest absolute Gasteiger partial charge is 0.339 e. The van der Waals surface area contributed by atoms with Gasteiger partial charge in [0.1, 0.15) is 5.82 Å². The molecule has 0 aliphatic carbocycles. The third-order valence-electron chi connectivity index (χ3n) is 5.05. The Balaban J connectivity index is 0.00000182. The minimum absolute atomic E-state index is 0. The zero-order valence-electron chi connectivity index (χ0n) is 15.7. The minimum atomic E-state index is 0. The summed E-state index contributed by atoms with van der Waals surface area (Å²) < 4.78 is 0. The van der Waals surface area contributed by atoms with Crippen LogP contribution in [0.1, 0.15) is 30.1 Å². The van der Waals surface area contributed by atoms with Crippen LogP contribution in [0.25, 0.3) is 0 Å². The van der Waals surface area contributed by atoms with Gasteiger partial charge in [0.2, 0.25) is 0 Å². The Kier molecular flexibility index (Phi) is 9.03. The fraction of sp³-hybridized carbons (Fsp3) is 0.400. The standard InChI is InChI=1S/C20H26N4O.2ClH/c1-15(21)16-10-12-24(13-11-16)20(25)17-8-9-19(22-14-17)23(2)18-6-4-3-5-7-18;;/h3-9,14-16H,10-13,21H2,1-2H3;2*1H. The second-order valence-electron chi connectivity index (χ2n) is 6.79. The van der Waals surface area contributed by atoms with Gasteiger partial charge in [-0.05, 0) is 49.9 Å². The van der Waals surface area contributed by atoms with Crippen molar-refractivity contribution in [3.63, 3.8) is 0 Å². The Hall–Kier alpha value is -1.82. The van der Waals surface area contributed by atoms with Crippen LogP contribution < -0.4 is 10.6 Å². The molecule has 0 radical (unpaired) electrons. The topological polar surface area (TPSA) is 62.5 Å². The first kappa shape index (κ1) is 23.2. The number of piperidine rings is 1. The van der Waals surface area contributed by atoms with Crippen LogP contribution in [-0.2, 0) is 0 Å². The van der Waals surface area contributed by atoms with E-state index in [-0.39, 0.29) is 36.8 Å². The molecule has 1 fully saturated rings. The Morgan fingerprint density at radius 2 is 1.78 bits per heavy atom. The maximum Gasteiger partial charge on any atom is 0.255 e. The summed E-state index contributed by atoms with van der Waals surface area (Å²) in [5.74, 6) is 1.40. The zero-order valence-corrected chi connectivity index (χ0v) is 17.4. The van der Waals surface area contributed by atoms with Crippen molar-refractivity contribution in [3.05, 3.63) is 54.2 Å². The van der Waals surface area contributed by atoms with E-state index in [2.05, 4.69) is 4.98 Å². The molecule has 148 valence electrons. The van der Waals surface area contributed by atoms with Crippen molar-refractivity contribution < 1.29 is 4.79 Å². The molecular formula is C20H28Cl2N4O. The summed E-state index contributed by atoms with van der Waals surface area (Å²) in [6.07, 6.45) is 3.63. The lowest BCUT2D eigenvalue weighted by Gasteiger charge is -2.33. The highest BCUT2D eigenvalue weighted by molar-refractivity contribution is 5.94. The van der Waals surface area contributed by atoms with Crippen molar-refractivity contribution in [1.82, 2.24) is 9.88 Å². The molecule has 1 amide bonds. The van der Waals surface area contributed by atoms with E-state index in [0.717, 1.165) is 37.4 Å². The molecule has 1 aromatic heterocycles. The Morgan fingerprint density at radius 1 is 1.15 bits per heavy atom. The number of hydrogen-bond donors (Lipinski definition) is 1. The molecule has 0 saturated carbocycles. The van der Waals surface area contributed by atoms with Crippen LogP contribution in [0.15, 0.2) is 48.7 Å². The van der Waals surface area contributed by atoms with E-state index < -0.39 is 0 Å². The molecule has 1 saturated heterocycles. The number of carbonyl (C=O) groups excluding carboxylic acids is 1. The van der Waals surface area contributed by atoms with E-state index in [4.69, 9.17) is 5.73 Å². The number of benzene rings is 1. The summed E-state index contributed by atoms with van der Waals surface area (Å²) in [5.41, 5.74) is 7.68. The number of likely N-dealkylation sites (tertiary alicyclic amines) is 1. The van der Waals surface area contributed by atoms with Gasteiger partial charge in [0.05, 0.1) is 5.56 Å². The molecule has 2 aromatic rings. The van der Waals surface area contributed by atoms with Gasteiger partial charge in [0.25, 0.3) is 5.91 Å². The lowest BCUT2D eigenvalue weighted by molar-refractivity contribution is 0.0680. The molecule has 0 spiro atoms. The van der Waals surface area contributed by atoms with E-state index in [9.17, 15) is 4.79 Å². The maximum absolute atomic E-state index is 12.7. The van der Waals surface area contributed by atoms with Gasteiger partial charge < -0.3 is 15.5 Å². The number of aromatic nitrogens is 1. The van der Waals surface area contributed by atoms with Crippen LogP contribution in [0.2, 0.25) is 0 Å². The summed E-state index contributed by atoms with van der Waals surface area (Å²) in [4.78, 5) is 21.1. The van der Waals surface area contributed by atoms with Gasteiger partial charge in [-0.25, -0.2) is 4.98 Å². The lowest BCUT2D eigenvalue weighted by Crippen LogP contribution is -2.42. The Morgan fingerprint density at radius 3 is 2.30 bits per heavy atom. The number of carbonyl (C=O) groups is 1. The highest BCUT2D eigenvalue weighted by atomic mass is 35.5. The van der Waals surface area contributed by atoms with Crippen molar-refractivity contribution in [3.8, 4) is 0 Å². The summed E-state index contributed by atoms with van der Waals surface area (Å²) in [6, 6.07) is 14.0. The molecule has 1 aliphatic rings. The van der Waals surface area contributed by atoms with E-state index in [1.54, 1.807) is 6.20 Å². The number of nitrogens with zero attached hydrogens (tertiary/aromatic N) is 3. The highest BCUT2D eigenvalue weighted by Crippen LogP contribution is 2.23. The first-order valence-electron chi connectivity index (χ1n) is 8.86. The average molecular weight is 411 g/mol. The van der Waals surface area contributed by atoms with Crippen LogP contribution >= 0.6 is 24.8 Å². The molecule has 7 heteroatoms. The normalized spacial score (nSPS) is 15.3. The van der Waals surface area contributed by atoms with E-state index in [1.165, 1.54) is 0 Å². The van der Waals surface area contributed by atoms with Gasteiger partial charge in [0, 0.05) is 38.1 Å². The number of rotatable bonds is 4. The van der Waals surface area contributed by atoms with Crippen LogP contribution in [-0.4, -0.2) is 42.0 Å². The number of pyridine rings is 1. The van der Waals surface area contributed by atoms with Gasteiger partial charge in [-0.15, -0.1) is 24.8 Å². The number of para-hydroxylation sites is 1. The van der Waals surface area contributed by atoms with Crippen LogP contribution in [0.3, 0.4) is 0 Å². The fourth-order valence-corrected chi connectivity index (χ4v) is 3.31. The number of halogens is 2. The Labute approximate surface area is 173 Å². The molecular weight excluding hydrogens is 383 g/mol. The van der Waals surface area contributed by atoms with E-state index in [1.807, 2.05) is 66.2 Å². The fourth-order valence-electron chi connectivity index (χ4n) is 3.31. The third-order valence-corrected chi connectivity index (χ3v) is 5.05. The van der Waals surface area contributed by atoms with Crippen LogP contribution in [0.4, 0.5) is 11.5 Å². The SMILES string of the molecule is CC(N)C1CCN(C(=O)c2ccc(N(C)c3ccccc3)nc2)CC1.Cl.Cl. The zero-order chi connectivity index (χ0) is 17.8. The van der Waals surface area contributed by atoms with Gasteiger partial charge in [0.15, 0.2) is 0 Å². The molecule has 1 atom stereocenters. The highest BCUT2D eigenvalue weighted by Gasteiger charge is 2.25. The van der Waals surface area contributed by atoms with Crippen LogP contribution in [0, 0.1) is 5.92 Å². The first-order chi connectivity index (χ1) is 12.1. The molecule has 5 nitrogen and oxygen atoms in total. The second-order valence-corrected chi connectivity index (χ2v) is 6.79. The molecule has 27 heavy (non-hydrogen) atoms. The lowest BCUT2D eigenvalue weighted by atomic mass is 9.91. The van der Waals surface area contributed by atoms with Gasteiger partial charge >= 0.3 is 0 Å². The summed E-state index contributed by atoms with van der Waals surface area (Å²) in [7, 11) is 1.97. The monoisotopic (exact) mass is 410 g/mol. The van der Waals surface area contributed by atoms with Crippen molar-refractivity contribution >= 4 is 42.2 Å². The summed E-state index contributed by atoms with van der Waals surface area (Å²) >= 11 is 0. The van der Waals surface area contributed by atoms with E-state index >= 15 is 0 Å². The van der Waals surface area contributed by atoms with Gasteiger partial charge in [-0.3, -0.25) is 4.79 Å². The number of nitrogens with two attached hydrogens (primary N) is 1.